The van der Waals surface area contributed by atoms with Crippen molar-refractivity contribution in [3.8, 4) is 0 Å². The van der Waals surface area contributed by atoms with E-state index in [0.29, 0.717) is 0 Å². The molecule has 0 heterocycles. The molecule has 0 saturated heterocycles. The molecule has 0 N–H and O–H groups in total. The number of hydrogen-bond donors (Lipinski definition) is 0. The molecule has 6 rings (SSSR count). The van der Waals surface area contributed by atoms with Gasteiger partial charge < -0.3 is 13.8 Å². The van der Waals surface area contributed by atoms with Crippen LogP contribution in [0.5, 0.6) is 0 Å². The van der Waals surface area contributed by atoms with Gasteiger partial charge in [-0.15, -0.1) is 39.7 Å². The van der Waals surface area contributed by atoms with Gasteiger partial charge in [0.1, 0.15) is 0 Å². The molecule has 3 heteroatoms. The fourth-order valence-corrected chi connectivity index (χ4v) is 4.60. The van der Waals surface area contributed by atoms with Gasteiger partial charge in [0.25, 0.3) is 0 Å². The molecule has 196 valence electrons. The SMILES string of the molecule is [CH2-]C1CCCCC1.[CH2-]C1CCCCC1.[CH2]=[Zr]([Cl])[Cl].c1cc[cH-]c1.c1ccc2c(c1)[cH-]c1ccccc12. The summed E-state index contributed by atoms with van der Waals surface area (Å²) >= 11 is -1.85. The first-order valence-corrected chi connectivity index (χ1v) is 21.4. The zero-order valence-electron chi connectivity index (χ0n) is 21.7. The molecule has 0 amide bonds. The van der Waals surface area contributed by atoms with Crippen LogP contribution in [0.15, 0.2) is 84.9 Å². The summed E-state index contributed by atoms with van der Waals surface area (Å²) in [6.45, 7) is 8.00. The first kappa shape index (κ1) is 31.2. The average Bonchev–Trinajstić information content (AvgIpc) is 3.58. The van der Waals surface area contributed by atoms with Crippen LogP contribution in [-0.4, -0.2) is 4.21 Å². The third-order valence-electron chi connectivity index (χ3n) is 6.53. The van der Waals surface area contributed by atoms with E-state index in [1.165, 1.54) is 85.8 Å². The van der Waals surface area contributed by atoms with Crippen molar-refractivity contribution in [3.05, 3.63) is 98.8 Å². The zero-order valence-corrected chi connectivity index (χ0v) is 25.7. The summed E-state index contributed by atoms with van der Waals surface area (Å²) in [6.07, 6.45) is 14.1. The van der Waals surface area contributed by atoms with Gasteiger partial charge in [-0.1, -0.05) is 101 Å². The number of halogens is 2. The van der Waals surface area contributed by atoms with Crippen LogP contribution in [0.25, 0.3) is 21.5 Å². The summed E-state index contributed by atoms with van der Waals surface area (Å²) in [4.78, 5) is 0. The molecular formula is C33H42Cl2Zr-4. The van der Waals surface area contributed by atoms with Gasteiger partial charge in [0.15, 0.2) is 0 Å². The fraction of sp³-hybridized carbons (Fsp3) is 0.364. The van der Waals surface area contributed by atoms with Crippen molar-refractivity contribution in [3.63, 3.8) is 0 Å². The van der Waals surface area contributed by atoms with Crippen molar-refractivity contribution in [2.75, 3.05) is 0 Å². The van der Waals surface area contributed by atoms with E-state index in [4.69, 9.17) is 17.0 Å². The molecule has 0 spiro atoms. The standard InChI is InChI=1S/C13H9.2C7H13.C5H5.CH2.2ClH.Zr/c1-3-7-12-10(5-1)9-11-6-2-4-8-13(11)12;2*1-7-5-3-2-4-6-7;1-2-4-5-3-1;;;;/h1-9H;2*7H,1-6H2;1-5H;1H2;2*1H;/q4*-1;;;;+2/p-2. The molecule has 0 aromatic heterocycles. The monoisotopic (exact) mass is 598 g/mol. The largest absolute Gasteiger partial charge is 0.214 e. The van der Waals surface area contributed by atoms with Gasteiger partial charge in [0, 0.05) is 0 Å². The predicted octanol–water partition coefficient (Wildman–Crippen LogP) is 11.3. The summed E-state index contributed by atoms with van der Waals surface area (Å²) < 4.78 is 3.37. The summed E-state index contributed by atoms with van der Waals surface area (Å²) in [7, 11) is 10.3. The minimum absolute atomic E-state index is 0.786. The third kappa shape index (κ3) is 13.5. The van der Waals surface area contributed by atoms with E-state index in [1.807, 2.05) is 30.3 Å². The predicted molar refractivity (Wildman–Crippen MR) is 162 cm³/mol. The van der Waals surface area contributed by atoms with Crippen LogP contribution >= 0.6 is 17.0 Å². The Balaban J connectivity index is 0.000000171. The maximum Gasteiger partial charge on any atom is -0.0771 e. The van der Waals surface area contributed by atoms with Gasteiger partial charge in [-0.2, -0.15) is 30.0 Å². The molecule has 0 radical (unpaired) electrons. The molecule has 0 atom stereocenters. The molecule has 0 unspecified atom stereocenters. The van der Waals surface area contributed by atoms with Gasteiger partial charge in [-0.05, 0) is 0 Å². The zero-order chi connectivity index (χ0) is 26.0. The van der Waals surface area contributed by atoms with Crippen LogP contribution in [0, 0.1) is 25.7 Å². The Morgan fingerprint density at radius 1 is 0.639 bits per heavy atom. The van der Waals surface area contributed by atoms with Crippen LogP contribution < -0.4 is 0 Å². The molecule has 4 aromatic rings. The number of hydrogen-bond acceptors (Lipinski definition) is 0. The third-order valence-corrected chi connectivity index (χ3v) is 6.53. The minimum Gasteiger partial charge on any atom is -0.214 e. The van der Waals surface area contributed by atoms with Crippen molar-refractivity contribution < 1.29 is 18.9 Å². The number of rotatable bonds is 0. The van der Waals surface area contributed by atoms with Crippen molar-refractivity contribution in [2.24, 2.45) is 11.8 Å². The van der Waals surface area contributed by atoms with Crippen LogP contribution in [0.4, 0.5) is 0 Å². The van der Waals surface area contributed by atoms with E-state index in [9.17, 15) is 0 Å². The first-order chi connectivity index (χ1) is 17.5. The average molecular weight is 601 g/mol. The first-order valence-electron chi connectivity index (χ1n) is 13.3. The second kappa shape index (κ2) is 19.1. The Labute approximate surface area is 235 Å². The second-order valence-electron chi connectivity index (χ2n) is 9.63. The van der Waals surface area contributed by atoms with Crippen LogP contribution in [0.2, 0.25) is 0 Å². The van der Waals surface area contributed by atoms with E-state index >= 15 is 0 Å². The Hall–Kier alpha value is -1.01. The van der Waals surface area contributed by atoms with Gasteiger partial charge >= 0.3 is 40.1 Å². The van der Waals surface area contributed by atoms with Gasteiger partial charge in [0.05, 0.1) is 0 Å². The van der Waals surface area contributed by atoms with Crippen molar-refractivity contribution in [1.29, 1.82) is 0 Å². The molecule has 0 nitrogen and oxygen atoms in total. The molecule has 2 fully saturated rings. The Kier molecular flexibility index (Phi) is 16.6. The summed E-state index contributed by atoms with van der Waals surface area (Å²) in [5.74, 6) is 1.57. The Morgan fingerprint density at radius 3 is 1.28 bits per heavy atom. The van der Waals surface area contributed by atoms with E-state index < -0.39 is 18.9 Å². The summed E-state index contributed by atoms with van der Waals surface area (Å²) in [6, 6.07) is 29.3. The van der Waals surface area contributed by atoms with E-state index in [-0.39, 0.29) is 0 Å². The van der Waals surface area contributed by atoms with Crippen molar-refractivity contribution >= 4 is 42.8 Å². The fourth-order valence-electron chi connectivity index (χ4n) is 4.60. The molecule has 2 saturated carbocycles. The Morgan fingerprint density at radius 2 is 1.00 bits per heavy atom. The van der Waals surface area contributed by atoms with Crippen LogP contribution in [-0.2, 0) is 18.9 Å². The molecule has 4 aromatic carbocycles. The number of benzene rings is 2. The van der Waals surface area contributed by atoms with Gasteiger partial charge in [0.2, 0.25) is 0 Å². The smallest absolute Gasteiger partial charge is 0.0771 e. The van der Waals surface area contributed by atoms with Crippen LogP contribution in [0.1, 0.15) is 64.2 Å². The summed E-state index contributed by atoms with van der Waals surface area (Å²) in [5.41, 5.74) is 0. The van der Waals surface area contributed by atoms with Crippen molar-refractivity contribution in [1.82, 2.24) is 0 Å². The maximum atomic E-state index is 5.13. The Bertz CT molecular complexity index is 980. The van der Waals surface area contributed by atoms with Crippen LogP contribution in [0.3, 0.4) is 0 Å². The van der Waals surface area contributed by atoms with Gasteiger partial charge in [-0.3, -0.25) is 0 Å². The van der Waals surface area contributed by atoms with E-state index in [1.54, 1.807) is 0 Å². The summed E-state index contributed by atoms with van der Waals surface area (Å²) in [5, 5.41) is 5.39. The molecular weight excluding hydrogens is 558 g/mol. The van der Waals surface area contributed by atoms with E-state index in [2.05, 4.69) is 72.7 Å². The molecule has 36 heavy (non-hydrogen) atoms. The topological polar surface area (TPSA) is 0 Å². The number of fused-ring (bicyclic) bond motifs is 3. The molecule has 0 aliphatic heterocycles. The maximum absolute atomic E-state index is 5.13. The minimum atomic E-state index is -1.85. The molecule has 2 aliphatic carbocycles. The quantitative estimate of drug-likeness (QED) is 0.176. The molecule has 2 aliphatic rings. The van der Waals surface area contributed by atoms with Crippen molar-refractivity contribution in [2.45, 2.75) is 64.2 Å². The second-order valence-corrected chi connectivity index (χ2v) is 17.8. The normalized spacial score (nSPS) is 15.7. The molecule has 0 bridgehead atoms. The van der Waals surface area contributed by atoms with E-state index in [0.717, 1.165) is 11.8 Å². The van der Waals surface area contributed by atoms with Gasteiger partial charge in [-0.25, -0.2) is 12.1 Å².